The van der Waals surface area contributed by atoms with Gasteiger partial charge >= 0.3 is 5.97 Å². The van der Waals surface area contributed by atoms with Crippen molar-refractivity contribution in [2.24, 2.45) is 7.05 Å². The predicted octanol–water partition coefficient (Wildman–Crippen LogP) is 2.06. The van der Waals surface area contributed by atoms with Crippen molar-refractivity contribution < 1.29 is 13.9 Å². The molecule has 1 atom stereocenters. The first-order valence-corrected chi connectivity index (χ1v) is 7.60. The van der Waals surface area contributed by atoms with E-state index >= 15 is 0 Å². The van der Waals surface area contributed by atoms with Gasteiger partial charge in [-0.1, -0.05) is 17.7 Å². The lowest BCUT2D eigenvalue weighted by atomic mass is 10.1. The van der Waals surface area contributed by atoms with E-state index in [1.165, 1.54) is 19.2 Å². The zero-order valence-electron chi connectivity index (χ0n) is 14.0. The molecule has 1 aromatic carbocycles. The lowest BCUT2D eigenvalue weighted by Gasteiger charge is -2.09. The van der Waals surface area contributed by atoms with E-state index in [4.69, 9.17) is 9.15 Å². The van der Waals surface area contributed by atoms with E-state index in [0.717, 1.165) is 15.8 Å². The summed E-state index contributed by atoms with van der Waals surface area (Å²) >= 11 is 0. The smallest absolute Gasteiger partial charge is 0.359 e. The van der Waals surface area contributed by atoms with Crippen molar-refractivity contribution in [3.63, 3.8) is 0 Å². The number of hydrogen-bond acceptors (Lipinski definition) is 7. The molecule has 3 aromatic rings. The molecule has 0 aliphatic rings. The van der Waals surface area contributed by atoms with Gasteiger partial charge in [0.05, 0.1) is 0 Å². The molecule has 25 heavy (non-hydrogen) atoms. The summed E-state index contributed by atoms with van der Waals surface area (Å²) in [5, 5.41) is 11.7. The van der Waals surface area contributed by atoms with Crippen molar-refractivity contribution in [1.82, 2.24) is 20.0 Å². The molecular formula is C17H16N4O4. The minimum atomic E-state index is -0.752. The Bertz CT molecular complexity index is 959. The summed E-state index contributed by atoms with van der Waals surface area (Å²) in [7, 11) is 1.45. The fourth-order valence-corrected chi connectivity index (χ4v) is 2.09. The van der Waals surface area contributed by atoms with E-state index in [0.29, 0.717) is 5.89 Å². The molecule has 1 unspecified atom stereocenters. The molecule has 2 aromatic heterocycles. The molecule has 0 N–H and O–H groups in total. The van der Waals surface area contributed by atoms with Crippen LogP contribution in [-0.4, -0.2) is 25.9 Å². The maximum atomic E-state index is 12.1. The van der Waals surface area contributed by atoms with E-state index in [9.17, 15) is 9.59 Å². The molecular weight excluding hydrogens is 324 g/mol. The number of rotatable bonds is 4. The molecule has 2 heterocycles. The molecule has 128 valence electrons. The van der Waals surface area contributed by atoms with E-state index in [1.54, 1.807) is 6.92 Å². The fourth-order valence-electron chi connectivity index (χ4n) is 2.09. The molecule has 0 aliphatic heterocycles. The van der Waals surface area contributed by atoms with Crippen LogP contribution in [0.4, 0.5) is 0 Å². The third-order valence-corrected chi connectivity index (χ3v) is 3.54. The van der Waals surface area contributed by atoms with Crippen molar-refractivity contribution >= 4 is 5.97 Å². The second-order valence-electron chi connectivity index (χ2n) is 5.54. The number of esters is 1. The Balaban J connectivity index is 1.74. The summed E-state index contributed by atoms with van der Waals surface area (Å²) in [6, 6.07) is 10.2. The summed E-state index contributed by atoms with van der Waals surface area (Å²) in [6.07, 6.45) is -0.752. The predicted molar refractivity (Wildman–Crippen MR) is 87.8 cm³/mol. The van der Waals surface area contributed by atoms with Crippen molar-refractivity contribution in [2.45, 2.75) is 20.0 Å². The first-order valence-electron chi connectivity index (χ1n) is 7.60. The van der Waals surface area contributed by atoms with Crippen LogP contribution in [0.25, 0.3) is 11.5 Å². The van der Waals surface area contributed by atoms with Gasteiger partial charge in [-0.2, -0.15) is 5.10 Å². The van der Waals surface area contributed by atoms with E-state index in [-0.39, 0.29) is 17.1 Å². The van der Waals surface area contributed by atoms with Gasteiger partial charge in [0.1, 0.15) is 0 Å². The van der Waals surface area contributed by atoms with Crippen molar-refractivity contribution in [1.29, 1.82) is 0 Å². The zero-order chi connectivity index (χ0) is 18.0. The van der Waals surface area contributed by atoms with Gasteiger partial charge in [0.2, 0.25) is 5.89 Å². The Labute approximate surface area is 143 Å². The highest BCUT2D eigenvalue weighted by Gasteiger charge is 2.21. The maximum Gasteiger partial charge on any atom is 0.359 e. The molecule has 8 heteroatoms. The van der Waals surface area contributed by atoms with Crippen LogP contribution in [0.1, 0.15) is 35.0 Å². The molecule has 0 aliphatic carbocycles. The Morgan fingerprint density at radius 2 is 1.88 bits per heavy atom. The van der Waals surface area contributed by atoms with Crippen LogP contribution in [0.2, 0.25) is 0 Å². The van der Waals surface area contributed by atoms with Crippen molar-refractivity contribution in [3.05, 3.63) is 63.9 Å². The molecule has 0 saturated heterocycles. The van der Waals surface area contributed by atoms with Gasteiger partial charge in [-0.05, 0) is 32.0 Å². The van der Waals surface area contributed by atoms with Crippen LogP contribution in [0.15, 0.2) is 45.6 Å². The number of nitrogens with zero attached hydrogens (tertiary/aromatic N) is 4. The Morgan fingerprint density at radius 3 is 2.56 bits per heavy atom. The normalized spacial score (nSPS) is 12.0. The van der Waals surface area contributed by atoms with Crippen LogP contribution >= 0.6 is 0 Å². The number of aryl methyl sites for hydroxylation is 2. The highest BCUT2D eigenvalue weighted by atomic mass is 16.6. The minimum Gasteiger partial charge on any atom is -0.448 e. The third kappa shape index (κ3) is 3.63. The standard InChI is InChI=1S/C17H16N4O4/c1-10-4-6-12(7-5-10)16-19-18-15(25-16)11(2)24-17(23)13-8-9-14(22)21(3)20-13/h4-9,11H,1-3H3. The van der Waals surface area contributed by atoms with Crippen LogP contribution < -0.4 is 5.56 Å². The fraction of sp³-hybridized carbons (Fsp3) is 0.235. The Kier molecular flexibility index (Phi) is 4.42. The number of ether oxygens (including phenoxy) is 1. The zero-order valence-corrected chi connectivity index (χ0v) is 14.0. The third-order valence-electron chi connectivity index (χ3n) is 3.54. The summed E-state index contributed by atoms with van der Waals surface area (Å²) < 4.78 is 11.9. The van der Waals surface area contributed by atoms with Crippen molar-refractivity contribution in [2.75, 3.05) is 0 Å². The number of carbonyl (C=O) groups excluding carboxylic acids is 1. The number of benzene rings is 1. The summed E-state index contributed by atoms with van der Waals surface area (Å²) in [4.78, 5) is 23.4. The van der Waals surface area contributed by atoms with Gasteiger partial charge in [0.25, 0.3) is 11.4 Å². The number of aromatic nitrogens is 4. The summed E-state index contributed by atoms with van der Waals surface area (Å²) in [6.45, 7) is 3.60. The topological polar surface area (TPSA) is 100 Å². The van der Waals surface area contributed by atoms with Gasteiger partial charge in [0, 0.05) is 18.7 Å². The van der Waals surface area contributed by atoms with Gasteiger partial charge in [0.15, 0.2) is 11.8 Å². The van der Waals surface area contributed by atoms with Gasteiger partial charge in [-0.25, -0.2) is 9.48 Å². The Morgan fingerprint density at radius 1 is 1.16 bits per heavy atom. The molecule has 0 radical (unpaired) electrons. The average Bonchev–Trinajstić information content (AvgIpc) is 3.08. The summed E-state index contributed by atoms with van der Waals surface area (Å²) in [5.41, 5.74) is 1.61. The van der Waals surface area contributed by atoms with Crippen molar-refractivity contribution in [3.8, 4) is 11.5 Å². The van der Waals surface area contributed by atoms with Crippen LogP contribution in [0.3, 0.4) is 0 Å². The second-order valence-corrected chi connectivity index (χ2v) is 5.54. The lowest BCUT2D eigenvalue weighted by molar-refractivity contribution is 0.0270. The van der Waals surface area contributed by atoms with Crippen LogP contribution in [0.5, 0.6) is 0 Å². The number of hydrogen-bond donors (Lipinski definition) is 0. The van der Waals surface area contributed by atoms with Gasteiger partial charge in [-0.3, -0.25) is 4.79 Å². The molecule has 0 amide bonds. The highest BCUT2D eigenvalue weighted by Crippen LogP contribution is 2.23. The molecule has 0 spiro atoms. The first kappa shape index (κ1) is 16.6. The average molecular weight is 340 g/mol. The Hall–Kier alpha value is -3.29. The first-order chi connectivity index (χ1) is 11.9. The van der Waals surface area contributed by atoms with Gasteiger partial charge < -0.3 is 9.15 Å². The van der Waals surface area contributed by atoms with E-state index < -0.39 is 12.1 Å². The molecule has 0 bridgehead atoms. The molecule has 3 rings (SSSR count). The SMILES string of the molecule is Cc1ccc(-c2nnc(C(C)OC(=O)c3ccc(=O)n(C)n3)o2)cc1. The molecule has 0 fully saturated rings. The maximum absolute atomic E-state index is 12.1. The van der Waals surface area contributed by atoms with E-state index in [2.05, 4.69) is 15.3 Å². The molecule has 8 nitrogen and oxygen atoms in total. The minimum absolute atomic E-state index is 0.0206. The second kappa shape index (κ2) is 6.68. The largest absolute Gasteiger partial charge is 0.448 e. The highest BCUT2D eigenvalue weighted by molar-refractivity contribution is 5.87. The van der Waals surface area contributed by atoms with Crippen LogP contribution in [-0.2, 0) is 11.8 Å². The number of carbonyl (C=O) groups is 1. The monoisotopic (exact) mass is 340 g/mol. The summed E-state index contributed by atoms with van der Waals surface area (Å²) in [5.74, 6) is -0.162. The van der Waals surface area contributed by atoms with Crippen LogP contribution in [0, 0.1) is 6.92 Å². The van der Waals surface area contributed by atoms with E-state index in [1.807, 2.05) is 31.2 Å². The van der Waals surface area contributed by atoms with Gasteiger partial charge in [-0.15, -0.1) is 10.2 Å². The lowest BCUT2D eigenvalue weighted by Crippen LogP contribution is -2.22. The molecule has 0 saturated carbocycles. The quantitative estimate of drug-likeness (QED) is 0.670.